The van der Waals surface area contributed by atoms with Crippen LogP contribution in [0.3, 0.4) is 0 Å². The summed E-state index contributed by atoms with van der Waals surface area (Å²) in [7, 11) is 0. The zero-order valence-corrected chi connectivity index (χ0v) is 7.31. The first kappa shape index (κ1) is 8.14. The normalized spacial score (nSPS) is 18.5. The van der Waals surface area contributed by atoms with Crippen LogP contribution in [0.25, 0.3) is 0 Å². The molecule has 0 atom stereocenters. The lowest BCUT2D eigenvalue weighted by atomic mass is 9.86. The van der Waals surface area contributed by atoms with Crippen molar-refractivity contribution >= 4 is 0 Å². The molecule has 0 fully saturated rings. The molecule has 0 amide bonds. The van der Waals surface area contributed by atoms with Crippen LogP contribution in [0, 0.1) is 5.41 Å². The van der Waals surface area contributed by atoms with E-state index in [4.69, 9.17) is 5.73 Å². The molecule has 1 aliphatic rings. The first-order valence-corrected chi connectivity index (χ1v) is 3.77. The molecule has 0 saturated carbocycles. The molecule has 0 aromatic heterocycles. The highest BCUT2D eigenvalue weighted by Gasteiger charge is 2.18. The molecule has 0 aromatic rings. The molecule has 0 saturated heterocycles. The summed E-state index contributed by atoms with van der Waals surface area (Å²) in [6, 6.07) is 0. The second kappa shape index (κ2) is 2.58. The van der Waals surface area contributed by atoms with Crippen molar-refractivity contribution in [3.8, 4) is 0 Å². The highest BCUT2D eigenvalue weighted by Crippen LogP contribution is 2.25. The summed E-state index contributed by atoms with van der Waals surface area (Å²) < 4.78 is 0. The summed E-state index contributed by atoms with van der Waals surface area (Å²) in [5.74, 6) is 0.789. The van der Waals surface area contributed by atoms with E-state index in [0.29, 0.717) is 0 Å². The van der Waals surface area contributed by atoms with E-state index in [2.05, 4.69) is 26.2 Å². The Bertz CT molecular complexity index is 208. The van der Waals surface area contributed by atoms with Gasteiger partial charge in [0.1, 0.15) is 0 Å². The molecule has 5 N–H and O–H groups in total. The fraction of sp³-hybridized carbons (Fsp3) is 0.500. The Morgan fingerprint density at radius 1 is 1.45 bits per heavy atom. The van der Waals surface area contributed by atoms with E-state index in [1.165, 1.54) is 5.57 Å². The third-order valence-electron chi connectivity index (χ3n) is 1.68. The first-order chi connectivity index (χ1) is 5.00. The van der Waals surface area contributed by atoms with E-state index >= 15 is 0 Å². The third kappa shape index (κ3) is 1.98. The van der Waals surface area contributed by atoms with Gasteiger partial charge in [-0.05, 0) is 11.0 Å². The zero-order chi connectivity index (χ0) is 8.48. The average Bonchev–Trinajstić information content (AvgIpc) is 1.86. The second-order valence-corrected chi connectivity index (χ2v) is 3.81. The van der Waals surface area contributed by atoms with Crippen LogP contribution in [0.15, 0.2) is 23.7 Å². The van der Waals surface area contributed by atoms with Gasteiger partial charge in [-0.2, -0.15) is 0 Å². The maximum absolute atomic E-state index is 5.62. The van der Waals surface area contributed by atoms with Crippen molar-refractivity contribution in [3.63, 3.8) is 0 Å². The lowest BCUT2D eigenvalue weighted by Gasteiger charge is -2.22. The molecule has 1 aliphatic heterocycles. The maximum atomic E-state index is 5.62. The second-order valence-electron chi connectivity index (χ2n) is 3.81. The number of hydrogen-bond acceptors (Lipinski definition) is 2. The average molecular weight is 154 g/mol. The van der Waals surface area contributed by atoms with E-state index in [0.717, 1.165) is 5.82 Å². The molecule has 3 heteroatoms. The SMILES string of the molecule is CC(C)(C)C1=CN[NH2+]C(N)=C1. The van der Waals surface area contributed by atoms with Crippen molar-refractivity contribution in [2.24, 2.45) is 11.1 Å². The van der Waals surface area contributed by atoms with Gasteiger partial charge in [0, 0.05) is 6.08 Å². The molecule has 3 nitrogen and oxygen atoms in total. The van der Waals surface area contributed by atoms with Crippen LogP contribution in [0.1, 0.15) is 20.8 Å². The van der Waals surface area contributed by atoms with Gasteiger partial charge in [-0.1, -0.05) is 20.8 Å². The van der Waals surface area contributed by atoms with Crippen LogP contribution in [-0.2, 0) is 0 Å². The Morgan fingerprint density at radius 2 is 2.09 bits per heavy atom. The Kier molecular flexibility index (Phi) is 1.91. The lowest BCUT2D eigenvalue weighted by molar-refractivity contribution is -0.659. The van der Waals surface area contributed by atoms with Gasteiger partial charge >= 0.3 is 0 Å². The third-order valence-corrected chi connectivity index (χ3v) is 1.68. The number of quaternary nitrogens is 1. The maximum Gasteiger partial charge on any atom is 0.220 e. The van der Waals surface area contributed by atoms with E-state index in [9.17, 15) is 0 Å². The summed E-state index contributed by atoms with van der Waals surface area (Å²) in [5.41, 5.74) is 11.8. The number of nitrogens with one attached hydrogen (secondary N) is 1. The summed E-state index contributed by atoms with van der Waals surface area (Å²) >= 11 is 0. The van der Waals surface area contributed by atoms with Crippen molar-refractivity contribution < 1.29 is 5.43 Å². The van der Waals surface area contributed by atoms with Crippen LogP contribution in [0.5, 0.6) is 0 Å². The summed E-state index contributed by atoms with van der Waals surface area (Å²) in [6.07, 6.45) is 3.98. The molecule has 11 heavy (non-hydrogen) atoms. The van der Waals surface area contributed by atoms with Crippen LogP contribution in [0.4, 0.5) is 0 Å². The van der Waals surface area contributed by atoms with Crippen LogP contribution in [0.2, 0.25) is 0 Å². The topological polar surface area (TPSA) is 54.7 Å². The minimum Gasteiger partial charge on any atom is -0.353 e. The van der Waals surface area contributed by atoms with Gasteiger partial charge in [-0.3, -0.25) is 0 Å². The van der Waals surface area contributed by atoms with Gasteiger partial charge in [-0.15, -0.1) is 0 Å². The number of nitrogens with two attached hydrogens (primary N) is 2. The quantitative estimate of drug-likeness (QED) is 0.423. The van der Waals surface area contributed by atoms with Crippen LogP contribution < -0.4 is 16.6 Å². The lowest BCUT2D eigenvalue weighted by Crippen LogP contribution is -2.92. The van der Waals surface area contributed by atoms with Crippen molar-refractivity contribution in [2.45, 2.75) is 20.8 Å². The number of allylic oxidation sites excluding steroid dienone is 2. The van der Waals surface area contributed by atoms with Crippen molar-refractivity contribution in [2.75, 3.05) is 0 Å². The Labute approximate surface area is 67.3 Å². The van der Waals surface area contributed by atoms with E-state index in [1.54, 1.807) is 5.43 Å². The molecule has 0 radical (unpaired) electrons. The van der Waals surface area contributed by atoms with Gasteiger partial charge in [-0.25, -0.2) is 10.9 Å². The molecule has 0 spiro atoms. The smallest absolute Gasteiger partial charge is 0.220 e. The van der Waals surface area contributed by atoms with E-state index in [1.807, 2.05) is 12.3 Å². The Balaban J connectivity index is 2.82. The van der Waals surface area contributed by atoms with E-state index < -0.39 is 0 Å². The van der Waals surface area contributed by atoms with Crippen molar-refractivity contribution in [1.29, 1.82) is 0 Å². The number of hydrogen-bond donors (Lipinski definition) is 3. The molecular weight excluding hydrogens is 138 g/mol. The fourth-order valence-electron chi connectivity index (χ4n) is 0.924. The van der Waals surface area contributed by atoms with Crippen molar-refractivity contribution in [3.05, 3.63) is 23.7 Å². The molecule has 62 valence electrons. The highest BCUT2D eigenvalue weighted by atomic mass is 15.4. The van der Waals surface area contributed by atoms with Crippen molar-refractivity contribution in [1.82, 2.24) is 5.43 Å². The highest BCUT2D eigenvalue weighted by molar-refractivity contribution is 5.25. The fourth-order valence-corrected chi connectivity index (χ4v) is 0.924. The van der Waals surface area contributed by atoms with Gasteiger partial charge in [0.2, 0.25) is 5.82 Å². The van der Waals surface area contributed by atoms with Gasteiger partial charge in [0.25, 0.3) is 0 Å². The predicted molar refractivity (Wildman–Crippen MR) is 44.9 cm³/mol. The minimum atomic E-state index is 0.172. The zero-order valence-electron chi connectivity index (χ0n) is 7.31. The number of rotatable bonds is 0. The first-order valence-electron chi connectivity index (χ1n) is 3.77. The molecule has 1 heterocycles. The van der Waals surface area contributed by atoms with Gasteiger partial charge < -0.3 is 5.73 Å². The standard InChI is InChI=1S/C8H15N3/c1-8(2,3)6-4-7(9)11-10-5-6/h4-5,10-11H,9H2,1-3H3/p+1. The largest absolute Gasteiger partial charge is 0.353 e. The molecule has 0 aromatic carbocycles. The monoisotopic (exact) mass is 154 g/mol. The molecular formula is C8H16N3+. The summed E-state index contributed by atoms with van der Waals surface area (Å²) in [5, 5.41) is 0. The van der Waals surface area contributed by atoms with Gasteiger partial charge in [0.05, 0.1) is 6.20 Å². The Hall–Kier alpha value is -0.960. The molecule has 1 rings (SSSR count). The van der Waals surface area contributed by atoms with Crippen LogP contribution in [-0.4, -0.2) is 0 Å². The molecule has 0 aliphatic carbocycles. The summed E-state index contributed by atoms with van der Waals surface area (Å²) in [4.78, 5) is 0. The van der Waals surface area contributed by atoms with E-state index in [-0.39, 0.29) is 5.41 Å². The molecule has 0 bridgehead atoms. The van der Waals surface area contributed by atoms with Crippen LogP contribution >= 0.6 is 0 Å². The predicted octanol–water partition coefficient (Wildman–Crippen LogP) is -0.202. The molecule has 0 unspecified atom stereocenters. The Morgan fingerprint density at radius 3 is 2.45 bits per heavy atom. The summed E-state index contributed by atoms with van der Waals surface area (Å²) in [6.45, 7) is 6.49. The minimum absolute atomic E-state index is 0.172. The van der Waals surface area contributed by atoms with Gasteiger partial charge in [0.15, 0.2) is 0 Å².